The van der Waals surface area contributed by atoms with E-state index in [9.17, 15) is 0 Å². The van der Waals surface area contributed by atoms with Gasteiger partial charge in [-0.05, 0) is 23.6 Å². The van der Waals surface area contributed by atoms with E-state index in [0.717, 1.165) is 0 Å². The Hall–Kier alpha value is -2.06. The number of rotatable bonds is 3. The topological polar surface area (TPSA) is 74.7 Å². The van der Waals surface area contributed by atoms with Crippen molar-refractivity contribution in [1.82, 2.24) is 4.98 Å². The average molecular weight is 230 g/mol. The Kier molecular flexibility index (Phi) is 3.03. The zero-order valence-corrected chi connectivity index (χ0v) is 9.29. The largest absolute Gasteiger partial charge is 0.396 e. The van der Waals surface area contributed by atoms with Crippen LogP contribution < -0.4 is 11.1 Å². The molecule has 0 saturated carbocycles. The lowest BCUT2D eigenvalue weighted by Crippen LogP contribution is -2.02. The zero-order chi connectivity index (χ0) is 11.4. The number of hydrogen-bond acceptors (Lipinski definition) is 5. The highest BCUT2D eigenvalue weighted by atomic mass is 32.1. The highest BCUT2D eigenvalue weighted by Gasteiger charge is 2.01. The van der Waals surface area contributed by atoms with Crippen LogP contribution in [-0.4, -0.2) is 4.98 Å². The third kappa shape index (κ3) is 2.30. The first kappa shape index (κ1) is 10.5. The van der Waals surface area contributed by atoms with E-state index in [2.05, 4.69) is 10.3 Å². The minimum absolute atomic E-state index is 0.260. The molecular formula is C11H10N4S. The highest BCUT2D eigenvalue weighted by Crippen LogP contribution is 2.14. The second-order valence-electron chi connectivity index (χ2n) is 3.18. The Morgan fingerprint density at radius 3 is 3.00 bits per heavy atom. The minimum Gasteiger partial charge on any atom is -0.396 e. The first-order valence-electron chi connectivity index (χ1n) is 4.72. The molecule has 0 saturated heterocycles. The van der Waals surface area contributed by atoms with E-state index in [0.29, 0.717) is 18.1 Å². The fourth-order valence-corrected chi connectivity index (χ4v) is 1.89. The summed E-state index contributed by atoms with van der Waals surface area (Å²) in [6.45, 7) is 0.708. The maximum Gasteiger partial charge on any atom is 0.165 e. The number of anilines is 2. The van der Waals surface area contributed by atoms with Gasteiger partial charge in [-0.25, -0.2) is 4.98 Å². The number of nitrogens with one attached hydrogen (secondary N) is 1. The standard InChI is InChI=1S/C11H10N4S/c12-6-10-9(13)3-4-11(15-10)14-7-8-2-1-5-16-8/h1-5H,7,13H2,(H,14,15). The van der Waals surface area contributed by atoms with Crippen LogP contribution in [0, 0.1) is 11.3 Å². The Morgan fingerprint density at radius 2 is 2.31 bits per heavy atom. The molecule has 5 heteroatoms. The molecule has 80 valence electrons. The first-order chi connectivity index (χ1) is 7.79. The van der Waals surface area contributed by atoms with Crippen molar-refractivity contribution in [2.45, 2.75) is 6.54 Å². The van der Waals surface area contributed by atoms with Gasteiger partial charge in [0.15, 0.2) is 5.69 Å². The van der Waals surface area contributed by atoms with Crippen molar-refractivity contribution in [2.75, 3.05) is 11.1 Å². The quantitative estimate of drug-likeness (QED) is 0.847. The molecule has 3 N–H and O–H groups in total. The van der Waals surface area contributed by atoms with E-state index in [4.69, 9.17) is 11.0 Å². The van der Waals surface area contributed by atoms with Crippen molar-refractivity contribution in [3.8, 4) is 6.07 Å². The third-order valence-electron chi connectivity index (χ3n) is 2.06. The van der Waals surface area contributed by atoms with Crippen molar-refractivity contribution in [2.24, 2.45) is 0 Å². The Labute approximate surface area is 97.4 Å². The summed E-state index contributed by atoms with van der Waals surface area (Å²) in [7, 11) is 0. The molecule has 0 aliphatic rings. The van der Waals surface area contributed by atoms with Gasteiger partial charge in [0.25, 0.3) is 0 Å². The van der Waals surface area contributed by atoms with Crippen molar-refractivity contribution in [1.29, 1.82) is 5.26 Å². The van der Waals surface area contributed by atoms with Crippen LogP contribution in [0.2, 0.25) is 0 Å². The van der Waals surface area contributed by atoms with Crippen molar-refractivity contribution < 1.29 is 0 Å². The van der Waals surface area contributed by atoms with Gasteiger partial charge >= 0.3 is 0 Å². The molecule has 0 aliphatic carbocycles. The molecule has 0 atom stereocenters. The number of aromatic nitrogens is 1. The molecule has 2 rings (SSSR count). The van der Waals surface area contributed by atoms with Gasteiger partial charge in [-0.2, -0.15) is 5.26 Å². The normalized spacial score (nSPS) is 9.69. The predicted octanol–water partition coefficient (Wildman–Crippen LogP) is 2.21. The van der Waals surface area contributed by atoms with Crippen LogP contribution in [0.4, 0.5) is 11.5 Å². The summed E-state index contributed by atoms with van der Waals surface area (Å²) >= 11 is 1.68. The Morgan fingerprint density at radius 1 is 1.44 bits per heavy atom. The lowest BCUT2D eigenvalue weighted by Gasteiger charge is -2.04. The Bertz CT molecular complexity index is 513. The maximum absolute atomic E-state index is 8.78. The van der Waals surface area contributed by atoms with Gasteiger partial charge < -0.3 is 11.1 Å². The fourth-order valence-electron chi connectivity index (χ4n) is 1.25. The summed E-state index contributed by atoms with van der Waals surface area (Å²) in [6.07, 6.45) is 0. The molecule has 0 bridgehead atoms. The lowest BCUT2D eigenvalue weighted by molar-refractivity contribution is 1.13. The van der Waals surface area contributed by atoms with Crippen LogP contribution in [0.15, 0.2) is 29.6 Å². The monoisotopic (exact) mass is 230 g/mol. The highest BCUT2D eigenvalue weighted by molar-refractivity contribution is 7.09. The lowest BCUT2D eigenvalue weighted by atomic mass is 10.3. The van der Waals surface area contributed by atoms with Crippen LogP contribution in [0.25, 0.3) is 0 Å². The second kappa shape index (κ2) is 4.64. The molecule has 0 fully saturated rings. The van der Waals surface area contributed by atoms with Gasteiger partial charge in [0.05, 0.1) is 12.2 Å². The molecule has 2 aromatic heterocycles. The third-order valence-corrected chi connectivity index (χ3v) is 2.93. The maximum atomic E-state index is 8.78. The number of nitrogens with zero attached hydrogens (tertiary/aromatic N) is 2. The van der Waals surface area contributed by atoms with E-state index < -0.39 is 0 Å². The predicted molar refractivity (Wildman–Crippen MR) is 65.0 cm³/mol. The number of nitrogen functional groups attached to an aromatic ring is 1. The van der Waals surface area contributed by atoms with Gasteiger partial charge in [-0.15, -0.1) is 11.3 Å². The number of pyridine rings is 1. The molecule has 4 nitrogen and oxygen atoms in total. The number of nitrogens with two attached hydrogens (primary N) is 1. The summed E-state index contributed by atoms with van der Waals surface area (Å²) in [5.41, 5.74) is 6.25. The zero-order valence-electron chi connectivity index (χ0n) is 8.47. The van der Waals surface area contributed by atoms with Crippen LogP contribution >= 0.6 is 11.3 Å². The Balaban J connectivity index is 2.08. The van der Waals surface area contributed by atoms with Crippen LogP contribution in [-0.2, 0) is 6.54 Å². The van der Waals surface area contributed by atoms with Gasteiger partial charge in [0.1, 0.15) is 11.9 Å². The van der Waals surface area contributed by atoms with E-state index in [-0.39, 0.29) is 5.69 Å². The van der Waals surface area contributed by atoms with Gasteiger partial charge in [0, 0.05) is 4.88 Å². The molecular weight excluding hydrogens is 220 g/mol. The van der Waals surface area contributed by atoms with Crippen molar-refractivity contribution in [3.05, 3.63) is 40.2 Å². The molecule has 16 heavy (non-hydrogen) atoms. The summed E-state index contributed by atoms with van der Waals surface area (Å²) in [5, 5.41) is 13.9. The molecule has 2 aromatic rings. The van der Waals surface area contributed by atoms with E-state index >= 15 is 0 Å². The van der Waals surface area contributed by atoms with Crippen molar-refractivity contribution in [3.63, 3.8) is 0 Å². The molecule has 0 radical (unpaired) electrons. The van der Waals surface area contributed by atoms with E-state index in [1.165, 1.54) is 4.88 Å². The van der Waals surface area contributed by atoms with Crippen LogP contribution in [0.3, 0.4) is 0 Å². The molecule has 0 amide bonds. The SMILES string of the molecule is N#Cc1nc(NCc2cccs2)ccc1N. The van der Waals surface area contributed by atoms with Crippen LogP contribution in [0.1, 0.15) is 10.6 Å². The smallest absolute Gasteiger partial charge is 0.165 e. The van der Waals surface area contributed by atoms with Gasteiger partial charge in [-0.1, -0.05) is 6.07 Å². The molecule has 0 aliphatic heterocycles. The van der Waals surface area contributed by atoms with E-state index in [1.54, 1.807) is 23.5 Å². The average Bonchev–Trinajstić information content (AvgIpc) is 2.81. The molecule has 0 aromatic carbocycles. The summed E-state index contributed by atoms with van der Waals surface area (Å²) in [4.78, 5) is 5.32. The molecule has 0 unspecified atom stereocenters. The first-order valence-corrected chi connectivity index (χ1v) is 5.60. The van der Waals surface area contributed by atoms with E-state index in [1.807, 2.05) is 23.6 Å². The van der Waals surface area contributed by atoms with Gasteiger partial charge in [0.2, 0.25) is 0 Å². The number of nitriles is 1. The molecule has 0 spiro atoms. The van der Waals surface area contributed by atoms with Crippen LogP contribution in [0.5, 0.6) is 0 Å². The van der Waals surface area contributed by atoms with Crippen molar-refractivity contribution >= 4 is 22.8 Å². The second-order valence-corrected chi connectivity index (χ2v) is 4.21. The molecule has 2 heterocycles. The minimum atomic E-state index is 0.260. The number of thiophene rings is 1. The summed E-state index contributed by atoms with van der Waals surface area (Å²) < 4.78 is 0. The number of hydrogen-bond donors (Lipinski definition) is 2. The summed E-state index contributed by atoms with van der Waals surface area (Å²) in [5.74, 6) is 0.666. The summed E-state index contributed by atoms with van der Waals surface area (Å²) in [6, 6.07) is 9.45. The van der Waals surface area contributed by atoms with Gasteiger partial charge in [-0.3, -0.25) is 0 Å². The fraction of sp³-hybridized carbons (Fsp3) is 0.0909.